The van der Waals surface area contributed by atoms with Crippen molar-refractivity contribution in [3.05, 3.63) is 12.3 Å². The van der Waals surface area contributed by atoms with E-state index in [-0.39, 0.29) is 18.3 Å². The predicted octanol–water partition coefficient (Wildman–Crippen LogP) is -1.53. The number of hydrogen-bond acceptors (Lipinski definition) is 4. The summed E-state index contributed by atoms with van der Waals surface area (Å²) in [6.45, 7) is 3.33. The molecule has 0 aromatic carbocycles. The molecule has 1 heterocycles. The molecule has 5 nitrogen and oxygen atoms in total. The number of ether oxygens (including phenoxy) is 1. The molecule has 1 aliphatic rings. The third-order valence-electron chi connectivity index (χ3n) is 1.05. The van der Waals surface area contributed by atoms with Gasteiger partial charge in [0.05, 0.1) is 5.70 Å². The van der Waals surface area contributed by atoms with Crippen molar-refractivity contribution < 1.29 is 14.6 Å². The number of rotatable bonds is 0. The number of carbonyl (C=O) groups is 1. The third kappa shape index (κ3) is 1.46. The van der Waals surface area contributed by atoms with Gasteiger partial charge in [0, 0.05) is 0 Å². The van der Waals surface area contributed by atoms with Crippen LogP contribution in [0.25, 0.3) is 0 Å². The van der Waals surface area contributed by atoms with Gasteiger partial charge >= 0.3 is 0 Å². The molecule has 0 aromatic heterocycles. The van der Waals surface area contributed by atoms with Crippen LogP contribution >= 0.6 is 0 Å². The normalized spacial score (nSPS) is 26.7. The van der Waals surface area contributed by atoms with Crippen molar-refractivity contribution in [3.63, 3.8) is 0 Å². The van der Waals surface area contributed by atoms with Crippen LogP contribution in [-0.2, 0) is 9.53 Å². The number of aliphatic hydroxyl groups is 1. The summed E-state index contributed by atoms with van der Waals surface area (Å²) in [5.74, 6) is -0.364. The zero-order valence-corrected chi connectivity index (χ0v) is 5.26. The average Bonchev–Trinajstić information content (AvgIpc) is 1.96. The Morgan fingerprint density at radius 2 is 2.50 bits per heavy atom. The fraction of sp³-hybridized carbons (Fsp3) is 0.400. The van der Waals surface area contributed by atoms with Crippen molar-refractivity contribution in [2.24, 2.45) is 0 Å². The largest absolute Gasteiger partial charge is 0.351 e. The topological polar surface area (TPSA) is 70.6 Å². The fourth-order valence-electron chi connectivity index (χ4n) is 0.549. The van der Waals surface area contributed by atoms with E-state index >= 15 is 0 Å². The quantitative estimate of drug-likeness (QED) is 0.361. The second-order valence-corrected chi connectivity index (χ2v) is 1.79. The van der Waals surface area contributed by atoms with Crippen molar-refractivity contribution >= 4 is 5.91 Å². The maximum Gasteiger partial charge on any atom is 0.268 e. The van der Waals surface area contributed by atoms with Crippen LogP contribution in [0.15, 0.2) is 12.3 Å². The highest BCUT2D eigenvalue weighted by molar-refractivity contribution is 5.92. The van der Waals surface area contributed by atoms with Crippen LogP contribution in [0.4, 0.5) is 0 Å². The standard InChI is InChI=1S/C5H8N2O3/c1-3-4(8)6-2-10-5(9)7-3/h5,7,9H,1-2H2,(H,6,8). The summed E-state index contributed by atoms with van der Waals surface area (Å²) < 4.78 is 4.60. The first-order valence-electron chi connectivity index (χ1n) is 2.73. The Hall–Kier alpha value is -1.07. The van der Waals surface area contributed by atoms with E-state index in [9.17, 15) is 4.79 Å². The zero-order chi connectivity index (χ0) is 7.56. The van der Waals surface area contributed by atoms with E-state index in [2.05, 4.69) is 21.9 Å². The summed E-state index contributed by atoms with van der Waals surface area (Å²) in [7, 11) is 0. The van der Waals surface area contributed by atoms with Crippen LogP contribution in [0.3, 0.4) is 0 Å². The summed E-state index contributed by atoms with van der Waals surface area (Å²) >= 11 is 0. The highest BCUT2D eigenvalue weighted by atomic mass is 16.6. The highest BCUT2D eigenvalue weighted by Gasteiger charge is 2.14. The van der Waals surface area contributed by atoms with Crippen molar-refractivity contribution in [2.75, 3.05) is 6.73 Å². The summed E-state index contributed by atoms with van der Waals surface area (Å²) in [5, 5.41) is 13.5. The number of aliphatic hydroxyl groups excluding tert-OH is 1. The second-order valence-electron chi connectivity index (χ2n) is 1.79. The lowest BCUT2D eigenvalue weighted by Gasteiger charge is -2.07. The molecule has 1 fully saturated rings. The molecule has 0 radical (unpaired) electrons. The van der Waals surface area contributed by atoms with Crippen LogP contribution in [-0.4, -0.2) is 24.2 Å². The van der Waals surface area contributed by atoms with E-state index in [1.54, 1.807) is 0 Å². The van der Waals surface area contributed by atoms with Gasteiger partial charge in [-0.15, -0.1) is 0 Å². The SMILES string of the molecule is C=C1NC(O)OCNC1=O. The molecule has 56 valence electrons. The van der Waals surface area contributed by atoms with Gasteiger partial charge in [0.2, 0.25) is 6.41 Å². The van der Waals surface area contributed by atoms with Gasteiger partial charge in [0.1, 0.15) is 6.73 Å². The molecule has 1 saturated heterocycles. The van der Waals surface area contributed by atoms with E-state index < -0.39 is 6.41 Å². The monoisotopic (exact) mass is 144 g/mol. The third-order valence-corrected chi connectivity index (χ3v) is 1.05. The summed E-state index contributed by atoms with van der Waals surface area (Å²) in [6, 6.07) is 0. The molecule has 3 N–H and O–H groups in total. The minimum atomic E-state index is -1.15. The minimum absolute atomic E-state index is 0.00792. The van der Waals surface area contributed by atoms with Crippen LogP contribution in [0.2, 0.25) is 0 Å². The maximum atomic E-state index is 10.7. The molecule has 0 aromatic rings. The molecule has 0 saturated carbocycles. The van der Waals surface area contributed by atoms with E-state index in [0.717, 1.165) is 0 Å². The smallest absolute Gasteiger partial charge is 0.268 e. The molecule has 0 aliphatic carbocycles. The Morgan fingerprint density at radius 1 is 1.80 bits per heavy atom. The molecule has 1 amide bonds. The maximum absolute atomic E-state index is 10.7. The first-order chi connectivity index (χ1) is 4.70. The number of hydrogen-bond donors (Lipinski definition) is 3. The minimum Gasteiger partial charge on any atom is -0.351 e. The van der Waals surface area contributed by atoms with Crippen molar-refractivity contribution in [3.8, 4) is 0 Å². The van der Waals surface area contributed by atoms with Gasteiger partial charge < -0.3 is 20.5 Å². The van der Waals surface area contributed by atoms with Gasteiger partial charge in [-0.2, -0.15) is 0 Å². The van der Waals surface area contributed by atoms with Crippen LogP contribution in [0.1, 0.15) is 0 Å². The lowest BCUT2D eigenvalue weighted by Crippen LogP contribution is -2.30. The molecule has 1 rings (SSSR count). The van der Waals surface area contributed by atoms with Crippen LogP contribution in [0.5, 0.6) is 0 Å². The van der Waals surface area contributed by atoms with E-state index in [0.29, 0.717) is 0 Å². The Labute approximate surface area is 57.7 Å². The molecule has 1 unspecified atom stereocenters. The molecular weight excluding hydrogens is 136 g/mol. The van der Waals surface area contributed by atoms with E-state index in [1.165, 1.54) is 0 Å². The Kier molecular flexibility index (Phi) is 1.88. The number of carbonyl (C=O) groups excluding carboxylic acids is 1. The van der Waals surface area contributed by atoms with Crippen molar-refractivity contribution in [1.82, 2.24) is 10.6 Å². The van der Waals surface area contributed by atoms with E-state index in [4.69, 9.17) is 5.11 Å². The van der Waals surface area contributed by atoms with Crippen molar-refractivity contribution in [2.45, 2.75) is 6.41 Å². The lowest BCUT2D eigenvalue weighted by atomic mass is 10.5. The Morgan fingerprint density at radius 3 is 3.20 bits per heavy atom. The van der Waals surface area contributed by atoms with Crippen LogP contribution in [0, 0.1) is 0 Å². The summed E-state index contributed by atoms with van der Waals surface area (Å²) in [5.41, 5.74) is 0.102. The first-order valence-corrected chi connectivity index (χ1v) is 2.73. The van der Waals surface area contributed by atoms with E-state index in [1.807, 2.05) is 0 Å². The highest BCUT2D eigenvalue weighted by Crippen LogP contribution is 1.93. The van der Waals surface area contributed by atoms with Gasteiger partial charge in [0.25, 0.3) is 5.91 Å². The zero-order valence-electron chi connectivity index (χ0n) is 5.26. The van der Waals surface area contributed by atoms with Gasteiger partial charge in [-0.25, -0.2) is 0 Å². The van der Waals surface area contributed by atoms with Gasteiger partial charge in [0.15, 0.2) is 0 Å². The first kappa shape index (κ1) is 7.04. The summed E-state index contributed by atoms with van der Waals surface area (Å²) in [6.07, 6.45) is -1.15. The number of nitrogens with one attached hydrogen (secondary N) is 2. The Balaban J connectivity index is 2.57. The molecule has 5 heteroatoms. The summed E-state index contributed by atoms with van der Waals surface area (Å²) in [4.78, 5) is 10.7. The second kappa shape index (κ2) is 2.68. The van der Waals surface area contributed by atoms with Crippen molar-refractivity contribution in [1.29, 1.82) is 0 Å². The number of amides is 1. The van der Waals surface area contributed by atoms with Gasteiger partial charge in [-0.1, -0.05) is 6.58 Å². The van der Waals surface area contributed by atoms with Crippen LogP contribution < -0.4 is 10.6 Å². The van der Waals surface area contributed by atoms with Gasteiger partial charge in [-0.3, -0.25) is 4.79 Å². The molecule has 0 spiro atoms. The fourth-order valence-corrected chi connectivity index (χ4v) is 0.549. The average molecular weight is 144 g/mol. The predicted molar refractivity (Wildman–Crippen MR) is 32.4 cm³/mol. The molecular formula is C5H8N2O3. The molecule has 0 bridgehead atoms. The molecule has 1 atom stereocenters. The van der Waals surface area contributed by atoms with Gasteiger partial charge in [-0.05, 0) is 0 Å². The Bertz CT molecular complexity index is 168. The lowest BCUT2D eigenvalue weighted by molar-refractivity contribution is -0.121. The molecule has 10 heavy (non-hydrogen) atoms. The molecule has 1 aliphatic heterocycles.